The second kappa shape index (κ2) is 46.3. The van der Waals surface area contributed by atoms with Gasteiger partial charge in [0.15, 0.2) is 65.5 Å². The molecule has 0 fully saturated rings. The first-order valence-electron chi connectivity index (χ1n) is 37.7. The quantitative estimate of drug-likeness (QED) is 0.00744. The Labute approximate surface area is 743 Å². The average Bonchev–Trinajstić information content (AvgIpc) is 1.73. The molecule has 10 aromatic rings. The molecule has 20 N–H and O–H groups in total. The highest BCUT2D eigenvalue weighted by Crippen LogP contribution is 2.48. The van der Waals surface area contributed by atoms with Crippen LogP contribution in [0.5, 0.6) is 0 Å². The zero-order valence-corrected chi connectivity index (χ0v) is 81.3. The van der Waals surface area contributed by atoms with Gasteiger partial charge in [0, 0.05) is 9.75 Å². The number of thiazole rings is 5. The van der Waals surface area contributed by atoms with Gasteiger partial charge in [0.1, 0.15) is 51.6 Å². The van der Waals surface area contributed by atoms with Gasteiger partial charge in [-0.25, -0.2) is 45.3 Å². The Bertz CT molecular complexity index is 5350. The number of nitrogens with zero attached hydrogens (tertiary/aromatic N) is 5. The zero-order chi connectivity index (χ0) is 92.1. The lowest BCUT2D eigenvalue weighted by molar-refractivity contribution is -0.149. The number of carbonyl (C=O) groups is 4. The maximum absolute atomic E-state index is 14.4. The predicted octanol–water partition coefficient (Wildman–Crippen LogP) is 13.0. The van der Waals surface area contributed by atoms with Crippen molar-refractivity contribution < 1.29 is 112 Å². The third-order valence-corrected chi connectivity index (χ3v) is 31.5. The molecule has 0 aliphatic heterocycles. The number of furan rings is 5. The second-order valence-corrected chi connectivity index (χ2v) is 46.0. The number of nitrogen functional groups attached to an aromatic ring is 5. The fourth-order valence-electron chi connectivity index (χ4n) is 10.4. The molecule has 0 unspecified atom stereocenters. The van der Waals surface area contributed by atoms with Crippen LogP contribution in [0.4, 0.5) is 25.7 Å². The Morgan fingerprint density at radius 2 is 0.683 bits per heavy atom. The lowest BCUT2D eigenvalue weighted by Gasteiger charge is -2.34. The van der Waals surface area contributed by atoms with Crippen LogP contribution >= 0.6 is 130 Å². The van der Waals surface area contributed by atoms with Gasteiger partial charge in [0.05, 0.1) is 39.1 Å². The number of aromatic nitrogens is 5. The highest BCUT2D eigenvalue weighted by Gasteiger charge is 2.46. The van der Waals surface area contributed by atoms with Crippen LogP contribution < -0.4 is 76.5 Å². The van der Waals surface area contributed by atoms with Gasteiger partial charge in [-0.3, -0.25) is 42.0 Å². The van der Waals surface area contributed by atoms with Crippen LogP contribution in [-0.4, -0.2) is 146 Å². The Hall–Kier alpha value is -6.77. The largest absolute Gasteiger partial charge is 0.465 e. The Balaban J connectivity index is 0.000000245. The van der Waals surface area contributed by atoms with E-state index in [0.29, 0.717) is 94.8 Å². The molecule has 123 heavy (non-hydrogen) atoms. The third kappa shape index (κ3) is 30.5. The summed E-state index contributed by atoms with van der Waals surface area (Å²) in [5.74, 6) is 1.96. The van der Waals surface area contributed by atoms with Gasteiger partial charge in [-0.2, -0.15) is 0 Å². The van der Waals surface area contributed by atoms with E-state index in [9.17, 15) is 42.0 Å². The summed E-state index contributed by atoms with van der Waals surface area (Å²) in [4.78, 5) is 127. The predicted molar refractivity (Wildman–Crippen MR) is 488 cm³/mol. The van der Waals surface area contributed by atoms with Crippen LogP contribution in [0.3, 0.4) is 0 Å². The van der Waals surface area contributed by atoms with E-state index in [0.717, 1.165) is 59.6 Å². The molecule has 0 saturated heterocycles. The SMILES string of the molecule is CC(C)Cc1sc(N)nc1-c1ccc(P(=O)(O)O)o1.CCCSc1sc(N)nc1-c1ccc(P(=O)(NC(C)(C)C(=O)OCC)NC(C)(C)C(=O)OCC)o1.CCCSc1sc(N)nc1-c1ccc(P(=O)(O)O)o1.CCOC(=O)[C@H](C)NP(=O)(N[C@@H](C)C(=O)OCC)c1ccc(-c2nc(N)sc2CC(C)C)o1.CSc1sc(N)nc1-c1ccc(P(=O)(O)O)o1. The van der Waals surface area contributed by atoms with E-state index in [-0.39, 0.29) is 53.9 Å². The fourth-order valence-corrected chi connectivity index (χ4v) is 24.1. The zero-order valence-electron chi connectivity index (χ0n) is 70.3. The molecule has 10 rings (SSSR count). The molecule has 0 saturated carbocycles. The van der Waals surface area contributed by atoms with Crippen LogP contribution in [0.1, 0.15) is 133 Å². The summed E-state index contributed by atoms with van der Waals surface area (Å²) in [6, 6.07) is 12.7. The summed E-state index contributed by atoms with van der Waals surface area (Å²) < 4.78 is 112. The van der Waals surface area contributed by atoms with Gasteiger partial charge in [-0.15, -0.1) is 58.0 Å². The minimum Gasteiger partial charge on any atom is -0.465 e. The van der Waals surface area contributed by atoms with E-state index in [2.05, 4.69) is 86.8 Å². The van der Waals surface area contributed by atoms with Gasteiger partial charge < -0.3 is 99.1 Å². The number of carbonyl (C=O) groups excluding carboxylic acids is 4. The van der Waals surface area contributed by atoms with E-state index in [1.165, 1.54) is 131 Å². The van der Waals surface area contributed by atoms with Crippen molar-refractivity contribution in [1.29, 1.82) is 0 Å². The number of rotatable bonds is 37. The van der Waals surface area contributed by atoms with Crippen molar-refractivity contribution in [1.82, 2.24) is 45.3 Å². The fraction of sp³-hybridized carbons (Fsp3) is 0.458. The average molecular weight is 1960 g/mol. The first kappa shape index (κ1) is 105. The van der Waals surface area contributed by atoms with Crippen molar-refractivity contribution >= 4 is 207 Å². The number of anilines is 5. The van der Waals surface area contributed by atoms with E-state index in [4.69, 9.17) is 99.1 Å². The maximum atomic E-state index is 14.4. The molecule has 0 aromatic carbocycles. The summed E-state index contributed by atoms with van der Waals surface area (Å²) in [5.41, 5.74) is 27.8. The number of esters is 4. The van der Waals surface area contributed by atoms with Crippen LogP contribution in [0.25, 0.3) is 57.3 Å². The highest BCUT2D eigenvalue weighted by atomic mass is 32.2. The number of hydrogen-bond acceptors (Lipinski definition) is 36. The lowest BCUT2D eigenvalue weighted by Crippen LogP contribution is -2.55. The molecule has 51 heteroatoms. The molecule has 10 heterocycles. The Kier molecular flexibility index (Phi) is 39.5. The van der Waals surface area contributed by atoms with E-state index >= 15 is 0 Å². The molecule has 0 aliphatic carbocycles. The summed E-state index contributed by atoms with van der Waals surface area (Å²) in [5, 5.41) is 13.3. The molecular weight excluding hydrogens is 1860 g/mol. The normalized spacial score (nSPS) is 12.6. The number of nitrogens with one attached hydrogen (secondary N) is 4. The molecule has 0 aliphatic rings. The van der Waals surface area contributed by atoms with Crippen LogP contribution in [-0.2, 0) is 73.8 Å². The minimum absolute atomic E-state index is 0.0141. The van der Waals surface area contributed by atoms with Gasteiger partial charge in [-0.1, -0.05) is 75.6 Å². The summed E-state index contributed by atoms with van der Waals surface area (Å²) >= 11 is 11.4. The molecule has 10 aromatic heterocycles. The van der Waals surface area contributed by atoms with Gasteiger partial charge in [0.2, 0.25) is 16.5 Å². The third-order valence-electron chi connectivity index (χ3n) is 15.6. The number of thioether (sulfide) groups is 3. The molecular formula is C72H105N14O24P5S8. The molecule has 0 amide bonds. The molecule has 0 spiro atoms. The number of ether oxygens (including phenoxy) is 4. The van der Waals surface area contributed by atoms with Crippen molar-refractivity contribution in [2.75, 3.05) is 72.9 Å². The first-order chi connectivity index (χ1) is 57.4. The maximum Gasteiger partial charge on any atom is 0.391 e. The summed E-state index contributed by atoms with van der Waals surface area (Å²) in [7, 11) is -20.8. The van der Waals surface area contributed by atoms with Crippen LogP contribution in [0.15, 0.2) is 95.4 Å². The Morgan fingerprint density at radius 3 is 0.967 bits per heavy atom. The van der Waals surface area contributed by atoms with Crippen LogP contribution in [0.2, 0.25) is 0 Å². The lowest BCUT2D eigenvalue weighted by atomic mass is 10.1. The van der Waals surface area contributed by atoms with Crippen molar-refractivity contribution in [2.24, 2.45) is 11.8 Å². The monoisotopic (exact) mass is 1960 g/mol. The van der Waals surface area contributed by atoms with Crippen molar-refractivity contribution in [2.45, 2.75) is 172 Å². The number of hydrogen-bond donors (Lipinski definition) is 15. The van der Waals surface area contributed by atoms with Crippen molar-refractivity contribution in [3.63, 3.8) is 0 Å². The van der Waals surface area contributed by atoms with Gasteiger partial charge in [-0.05, 0) is 185 Å². The van der Waals surface area contributed by atoms with E-state index in [1.807, 2.05) is 6.26 Å². The number of nitrogens with two attached hydrogens (primary N) is 5. The first-order valence-corrected chi connectivity index (χ1v) is 53.2. The Morgan fingerprint density at radius 1 is 0.415 bits per heavy atom. The molecule has 0 bridgehead atoms. The topological polar surface area (TPSA) is 620 Å². The van der Waals surface area contributed by atoms with E-state index < -0.39 is 84.7 Å². The van der Waals surface area contributed by atoms with E-state index in [1.54, 1.807) is 91.0 Å². The summed E-state index contributed by atoms with van der Waals surface area (Å²) in [6.45, 7) is 29.1. The molecule has 0 radical (unpaired) electrons. The van der Waals surface area contributed by atoms with Gasteiger partial charge >= 0.3 is 46.7 Å². The second-order valence-electron chi connectivity index (χ2n) is 28.0. The summed E-state index contributed by atoms with van der Waals surface area (Å²) in [6.07, 6.45) is 5.39. The minimum atomic E-state index is -4.38. The molecule has 38 nitrogen and oxygen atoms in total. The smallest absolute Gasteiger partial charge is 0.391 e. The molecule has 680 valence electrons. The van der Waals surface area contributed by atoms with Crippen LogP contribution in [0, 0.1) is 11.8 Å². The molecule has 2 atom stereocenters. The van der Waals surface area contributed by atoms with Gasteiger partial charge in [0.25, 0.3) is 14.9 Å². The standard InChI is InChI=1S/C22H35N4O6PS2.C21H33N4O6PS.C11H15N2O4PS.C10H13N2O4PS2.C8H9N2O4PS2/c1-8-13-34-17-16(24-20(23)35-17)14-11-12-15(32-14)33(29,25-21(4,5)18(27)30-9-2)26-22(6,7)19(28)31-10-3;1-7-29-19(26)13(5)24-32(28,25-14(6)20(27)30-8-2)17-10-9-15(31-17)18-16(11-12(3)4)33-21(22)23-18;1-6(2)5-8-10(13-11(12)19-8)7-3-4-9(17-7)18(14,15)16;1-2-5-18-9-8(12-10(11)19-9)6-3-4-7(16-6)17(13,14)15;1-16-7-6(10-8(9)17-7)4-2-3-5(14-4)15(11,12)13/h11-12H,8-10,13H2,1-7H3,(H2,23,24)(H2,25,26,29);9-10,12-14H,7-8,11H2,1-6H3,(H2,22,23)(H2,24,25,28);3-4,6H,5H2,1-2H3,(H2,12,13)(H2,14,15,16);3-4H,2,5H2,1H3,(H2,11,12)(H2,13,14,15);2-3H,1H3,(H2,9,10)(H2,11,12,13)/t;13-,14-;;;/m.0.../s1. The van der Waals surface area contributed by atoms with Crippen molar-refractivity contribution in [3.8, 4) is 57.3 Å². The highest BCUT2D eigenvalue weighted by molar-refractivity contribution is 8.01. The van der Waals surface area contributed by atoms with Crippen molar-refractivity contribution in [3.05, 3.63) is 70.4 Å².